The molecule has 29 heavy (non-hydrogen) atoms. The molecule has 2 amide bonds. The molecule has 9 heteroatoms. The number of hydrogen-bond donors (Lipinski definition) is 1. The molecule has 1 aromatic heterocycles. The number of rotatable bonds is 6. The first-order valence-electron chi connectivity index (χ1n) is 9.09. The Morgan fingerprint density at radius 3 is 2.52 bits per heavy atom. The van der Waals surface area contributed by atoms with Crippen molar-refractivity contribution in [3.8, 4) is 5.69 Å². The molecule has 1 N–H and O–H groups in total. The molecule has 2 atom stereocenters. The van der Waals surface area contributed by atoms with Crippen LogP contribution in [0.1, 0.15) is 37.1 Å². The Bertz CT molecular complexity index is 988. The summed E-state index contributed by atoms with van der Waals surface area (Å²) in [5.41, 5.74) is 2.52. The van der Waals surface area contributed by atoms with Crippen LogP contribution in [0.3, 0.4) is 0 Å². The molecule has 3 rings (SSSR count). The zero-order chi connectivity index (χ0) is 21.0. The number of carbonyl (C=O) groups is 1. The van der Waals surface area contributed by atoms with E-state index >= 15 is 0 Å². The van der Waals surface area contributed by atoms with Crippen LogP contribution < -0.4 is 5.32 Å². The number of carbonyl (C=O) groups excluding carboxylic acids is 1. The van der Waals surface area contributed by atoms with Crippen molar-refractivity contribution in [2.45, 2.75) is 25.9 Å². The Balaban J connectivity index is 1.65. The number of nitrogens with zero attached hydrogens (tertiary/aromatic N) is 5. The Hall–Kier alpha value is -3.75. The lowest BCUT2D eigenvalue weighted by atomic mass is 10.1. The monoisotopic (exact) mass is 394 g/mol. The van der Waals surface area contributed by atoms with Gasteiger partial charge in [0.2, 0.25) is 0 Å². The van der Waals surface area contributed by atoms with Gasteiger partial charge in [-0.2, -0.15) is 5.10 Å². The Labute approximate surface area is 168 Å². The van der Waals surface area contributed by atoms with E-state index in [2.05, 4.69) is 15.4 Å². The van der Waals surface area contributed by atoms with Crippen molar-refractivity contribution < 1.29 is 9.72 Å². The first-order chi connectivity index (χ1) is 13.9. The number of hydrogen-bond acceptors (Lipinski definition) is 5. The molecule has 0 aliphatic rings. The number of benzene rings is 2. The van der Waals surface area contributed by atoms with Crippen LogP contribution in [0, 0.1) is 10.1 Å². The number of amides is 2. The van der Waals surface area contributed by atoms with Crippen LogP contribution in [0.2, 0.25) is 0 Å². The van der Waals surface area contributed by atoms with E-state index in [1.807, 2.05) is 38.1 Å². The van der Waals surface area contributed by atoms with Gasteiger partial charge in [0.25, 0.3) is 5.69 Å². The second kappa shape index (κ2) is 8.51. The van der Waals surface area contributed by atoms with Gasteiger partial charge < -0.3 is 10.2 Å². The van der Waals surface area contributed by atoms with Crippen molar-refractivity contribution in [1.29, 1.82) is 0 Å². The van der Waals surface area contributed by atoms with Gasteiger partial charge in [-0.1, -0.05) is 24.3 Å². The van der Waals surface area contributed by atoms with Gasteiger partial charge in [-0.25, -0.2) is 14.5 Å². The van der Waals surface area contributed by atoms with Crippen molar-refractivity contribution in [2.75, 3.05) is 7.05 Å². The molecule has 2 aromatic carbocycles. The van der Waals surface area contributed by atoms with Gasteiger partial charge in [-0.05, 0) is 37.1 Å². The van der Waals surface area contributed by atoms with E-state index in [-0.39, 0.29) is 23.8 Å². The maximum Gasteiger partial charge on any atom is 0.318 e. The maximum atomic E-state index is 12.7. The van der Waals surface area contributed by atoms with E-state index in [0.717, 1.165) is 11.3 Å². The predicted octanol–water partition coefficient (Wildman–Crippen LogP) is 3.64. The van der Waals surface area contributed by atoms with Crippen LogP contribution in [0.25, 0.3) is 5.69 Å². The van der Waals surface area contributed by atoms with Gasteiger partial charge in [-0.15, -0.1) is 0 Å². The maximum absolute atomic E-state index is 12.7. The average molecular weight is 394 g/mol. The Morgan fingerprint density at radius 1 is 1.17 bits per heavy atom. The van der Waals surface area contributed by atoms with E-state index in [9.17, 15) is 14.9 Å². The number of nitrogens with one attached hydrogen (secondary N) is 1. The van der Waals surface area contributed by atoms with E-state index in [1.54, 1.807) is 30.2 Å². The molecule has 0 bridgehead atoms. The highest BCUT2D eigenvalue weighted by atomic mass is 16.6. The van der Waals surface area contributed by atoms with Crippen molar-refractivity contribution in [3.63, 3.8) is 0 Å². The topological polar surface area (TPSA) is 106 Å². The summed E-state index contributed by atoms with van der Waals surface area (Å²) in [6, 6.07) is 13.2. The van der Waals surface area contributed by atoms with Crippen LogP contribution in [0.4, 0.5) is 10.5 Å². The van der Waals surface area contributed by atoms with Crippen molar-refractivity contribution >= 4 is 11.7 Å². The minimum atomic E-state index is -0.443. The van der Waals surface area contributed by atoms with Crippen molar-refractivity contribution in [3.05, 3.63) is 82.4 Å². The molecule has 0 radical (unpaired) electrons. The fraction of sp³-hybridized carbons (Fsp3) is 0.250. The number of non-ortho nitro benzene ring substituents is 1. The molecule has 0 saturated carbocycles. The van der Waals surface area contributed by atoms with Gasteiger partial charge in [0.05, 0.1) is 22.7 Å². The molecule has 0 fully saturated rings. The average Bonchev–Trinajstić information content (AvgIpc) is 3.27. The first-order valence-corrected chi connectivity index (χ1v) is 9.09. The summed E-state index contributed by atoms with van der Waals surface area (Å²) < 4.78 is 1.65. The smallest absolute Gasteiger partial charge is 0.318 e. The fourth-order valence-electron chi connectivity index (χ4n) is 2.93. The molecule has 9 nitrogen and oxygen atoms in total. The van der Waals surface area contributed by atoms with Crippen molar-refractivity contribution in [1.82, 2.24) is 25.0 Å². The third-order valence-electron chi connectivity index (χ3n) is 4.88. The zero-order valence-corrected chi connectivity index (χ0v) is 16.4. The Kier molecular flexibility index (Phi) is 5.87. The van der Waals surface area contributed by atoms with Gasteiger partial charge in [-0.3, -0.25) is 10.1 Å². The lowest BCUT2D eigenvalue weighted by Crippen LogP contribution is -2.39. The minimum Gasteiger partial charge on any atom is -0.331 e. The van der Waals surface area contributed by atoms with E-state index < -0.39 is 4.92 Å². The molecular formula is C20H22N6O3. The lowest BCUT2D eigenvalue weighted by Gasteiger charge is -2.27. The normalized spacial score (nSPS) is 12.8. The zero-order valence-electron chi connectivity index (χ0n) is 16.4. The SMILES string of the molecule is CC(NC(=O)N(C)C(C)c1cccc([N+](=O)[O-])c1)c1ccc(-n2cncn2)cc1. The second-order valence-corrected chi connectivity index (χ2v) is 6.74. The number of aromatic nitrogens is 3. The van der Waals surface area contributed by atoms with Crippen LogP contribution in [0.15, 0.2) is 61.2 Å². The van der Waals surface area contributed by atoms with Crippen molar-refractivity contribution in [2.24, 2.45) is 0 Å². The molecule has 150 valence electrons. The number of urea groups is 1. The number of nitro benzene ring substituents is 1. The molecule has 1 heterocycles. The number of nitro groups is 1. The van der Waals surface area contributed by atoms with Crippen LogP contribution in [-0.4, -0.2) is 37.7 Å². The summed E-state index contributed by atoms with van der Waals surface area (Å²) in [4.78, 5) is 28.7. The molecular weight excluding hydrogens is 372 g/mol. The predicted molar refractivity (Wildman–Crippen MR) is 108 cm³/mol. The first kappa shape index (κ1) is 20.0. The van der Waals surface area contributed by atoms with Crippen LogP contribution >= 0.6 is 0 Å². The summed E-state index contributed by atoms with van der Waals surface area (Å²) in [6.07, 6.45) is 3.08. The van der Waals surface area contributed by atoms with Gasteiger partial charge in [0.1, 0.15) is 12.7 Å². The quantitative estimate of drug-likeness (QED) is 0.507. The van der Waals surface area contributed by atoms with E-state index in [1.165, 1.54) is 23.4 Å². The van der Waals surface area contributed by atoms with Gasteiger partial charge >= 0.3 is 6.03 Å². The van der Waals surface area contributed by atoms with Crippen LogP contribution in [0.5, 0.6) is 0 Å². The third kappa shape index (κ3) is 4.57. The molecule has 3 aromatic rings. The largest absolute Gasteiger partial charge is 0.331 e. The summed E-state index contributed by atoms with van der Waals surface area (Å²) in [6.45, 7) is 3.73. The van der Waals surface area contributed by atoms with Gasteiger partial charge in [0, 0.05) is 19.2 Å². The molecule has 0 saturated heterocycles. The summed E-state index contributed by atoms with van der Waals surface area (Å²) in [5.74, 6) is 0. The molecule has 0 aliphatic carbocycles. The van der Waals surface area contributed by atoms with E-state index in [0.29, 0.717) is 5.56 Å². The Morgan fingerprint density at radius 2 is 1.90 bits per heavy atom. The lowest BCUT2D eigenvalue weighted by molar-refractivity contribution is -0.384. The van der Waals surface area contributed by atoms with E-state index in [4.69, 9.17) is 0 Å². The highest BCUT2D eigenvalue weighted by molar-refractivity contribution is 5.75. The second-order valence-electron chi connectivity index (χ2n) is 6.74. The highest BCUT2D eigenvalue weighted by Crippen LogP contribution is 2.24. The van der Waals surface area contributed by atoms with Gasteiger partial charge in [0.15, 0.2) is 0 Å². The minimum absolute atomic E-state index is 0.00370. The summed E-state index contributed by atoms with van der Waals surface area (Å²) >= 11 is 0. The molecule has 0 spiro atoms. The third-order valence-corrected chi connectivity index (χ3v) is 4.88. The summed E-state index contributed by atoms with van der Waals surface area (Å²) in [7, 11) is 1.67. The standard InChI is InChI=1S/C20H22N6O3/c1-14(16-7-9-18(10-8-16)25-13-21-12-22-25)23-20(27)24(3)15(2)17-5-4-6-19(11-17)26(28)29/h4-15H,1-3H3,(H,23,27). The molecule has 2 unspecified atom stereocenters. The highest BCUT2D eigenvalue weighted by Gasteiger charge is 2.21. The van der Waals surface area contributed by atoms with Crippen LogP contribution in [-0.2, 0) is 0 Å². The summed E-state index contributed by atoms with van der Waals surface area (Å²) in [5, 5.41) is 18.0. The fourth-order valence-corrected chi connectivity index (χ4v) is 2.93. The molecule has 0 aliphatic heterocycles.